The predicted octanol–water partition coefficient (Wildman–Crippen LogP) is 0.139. The number of ether oxygens (including phenoxy) is 1. The van der Waals surface area contributed by atoms with E-state index in [-0.39, 0.29) is 12.2 Å². The first-order valence-corrected chi connectivity index (χ1v) is 6.21. The Morgan fingerprint density at radius 2 is 2.11 bits per heavy atom. The van der Waals surface area contributed by atoms with Crippen LogP contribution in [-0.2, 0) is 4.79 Å². The van der Waals surface area contributed by atoms with Gasteiger partial charge < -0.3 is 14.8 Å². The first-order chi connectivity index (χ1) is 9.04. The van der Waals surface area contributed by atoms with Crippen LogP contribution in [0.2, 0.25) is 0 Å². The molecule has 0 atom stereocenters. The van der Waals surface area contributed by atoms with E-state index in [1.807, 2.05) is 0 Å². The number of carbonyl (C=O) groups is 1. The summed E-state index contributed by atoms with van der Waals surface area (Å²) in [5, 5.41) is 8.48. The fourth-order valence-corrected chi connectivity index (χ4v) is 2.19. The third-order valence-electron chi connectivity index (χ3n) is 2.25. The summed E-state index contributed by atoms with van der Waals surface area (Å²) in [6, 6.07) is 6.81. The van der Waals surface area contributed by atoms with Gasteiger partial charge >= 0.3 is 5.97 Å². The molecule has 0 saturated heterocycles. The predicted molar refractivity (Wildman–Crippen MR) is 72.9 cm³/mol. The topological polar surface area (TPSA) is 79.4 Å². The molecule has 1 aromatic carbocycles. The molecule has 0 bridgehead atoms. The molecule has 0 fully saturated rings. The molecule has 0 radical (unpaired) electrons. The van der Waals surface area contributed by atoms with Crippen LogP contribution in [0, 0.1) is 0 Å². The lowest BCUT2D eigenvalue weighted by atomic mass is 10.2. The van der Waals surface area contributed by atoms with Crippen molar-refractivity contribution in [2.24, 2.45) is 0 Å². The number of hydrogen-bond donors (Lipinski definition) is 2. The van der Waals surface area contributed by atoms with Gasteiger partial charge in [-0.3, -0.25) is 4.79 Å². The molecule has 19 heavy (non-hydrogen) atoms. The second-order valence-electron chi connectivity index (χ2n) is 3.74. The lowest BCUT2D eigenvalue weighted by molar-refractivity contribution is -0.139. The molecule has 98 valence electrons. The van der Waals surface area contributed by atoms with Crippen molar-refractivity contribution in [3.05, 3.63) is 49.4 Å². The molecule has 0 spiro atoms. The summed E-state index contributed by atoms with van der Waals surface area (Å²) in [5.74, 6) is -0.554. The highest BCUT2D eigenvalue weighted by Gasteiger charge is 1.99. The molecule has 2 aromatic rings. The summed E-state index contributed by atoms with van der Waals surface area (Å²) < 4.78 is 6.19. The number of aromatic nitrogens is 1. The number of thiazole rings is 1. The number of hydrogen-bond acceptors (Lipinski definition) is 4. The van der Waals surface area contributed by atoms with E-state index in [1.165, 1.54) is 11.3 Å². The second-order valence-corrected chi connectivity index (χ2v) is 4.88. The van der Waals surface area contributed by atoms with Gasteiger partial charge in [0, 0.05) is 0 Å². The molecule has 2 rings (SSSR count). The van der Waals surface area contributed by atoms with Gasteiger partial charge in [-0.2, -0.15) is 0 Å². The summed E-state index contributed by atoms with van der Waals surface area (Å²) in [6.07, 6.45) is 1.74. The fraction of sp³-hybridized carbons (Fsp3) is 0.0769. The standard InChI is InChI=1S/C13H11NO4S/c1-8-14-13(17)11(19-8)6-9-2-4-10(5-3-9)18-7-12(15)16/h2-6H,1,7H2,(H,14,17)(H,15,16)/b11-6-. The van der Waals surface area contributed by atoms with Crippen molar-refractivity contribution in [2.75, 3.05) is 6.61 Å². The maximum absolute atomic E-state index is 11.5. The Morgan fingerprint density at radius 3 is 2.63 bits per heavy atom. The summed E-state index contributed by atoms with van der Waals surface area (Å²) in [4.78, 5) is 24.4. The van der Waals surface area contributed by atoms with E-state index in [4.69, 9.17) is 9.84 Å². The number of rotatable bonds is 4. The molecular weight excluding hydrogens is 266 g/mol. The highest BCUT2D eigenvalue weighted by molar-refractivity contribution is 7.07. The Morgan fingerprint density at radius 1 is 1.42 bits per heavy atom. The molecule has 0 aliphatic rings. The van der Waals surface area contributed by atoms with Crippen molar-refractivity contribution >= 4 is 30.0 Å². The van der Waals surface area contributed by atoms with Crippen molar-refractivity contribution in [3.8, 4) is 5.75 Å². The molecule has 0 aliphatic carbocycles. The highest BCUT2D eigenvalue weighted by atomic mass is 32.1. The average Bonchev–Trinajstić information content (AvgIpc) is 2.67. The van der Waals surface area contributed by atoms with Crippen molar-refractivity contribution in [1.82, 2.24) is 4.98 Å². The number of H-pyrrole nitrogens is 1. The van der Waals surface area contributed by atoms with E-state index in [1.54, 1.807) is 30.3 Å². The molecule has 0 aliphatic heterocycles. The van der Waals surface area contributed by atoms with E-state index >= 15 is 0 Å². The van der Waals surface area contributed by atoms with Crippen LogP contribution in [-0.4, -0.2) is 22.7 Å². The van der Waals surface area contributed by atoms with Crippen LogP contribution >= 0.6 is 11.3 Å². The van der Waals surface area contributed by atoms with Crippen LogP contribution in [0.1, 0.15) is 5.56 Å². The lowest BCUT2D eigenvalue weighted by Gasteiger charge is -2.02. The van der Waals surface area contributed by atoms with Crippen molar-refractivity contribution in [1.29, 1.82) is 0 Å². The third kappa shape index (κ3) is 3.56. The number of benzene rings is 1. The summed E-state index contributed by atoms with van der Waals surface area (Å²) in [6.45, 7) is 3.29. The van der Waals surface area contributed by atoms with Crippen molar-refractivity contribution in [2.45, 2.75) is 0 Å². The zero-order valence-corrected chi connectivity index (χ0v) is 10.7. The Bertz CT molecular complexity index is 742. The van der Waals surface area contributed by atoms with Crippen LogP contribution in [0.4, 0.5) is 0 Å². The maximum atomic E-state index is 11.5. The average molecular weight is 277 g/mol. The number of aromatic amines is 1. The molecule has 6 heteroatoms. The van der Waals surface area contributed by atoms with Gasteiger partial charge in [-0.05, 0) is 23.8 Å². The second kappa shape index (κ2) is 5.53. The van der Waals surface area contributed by atoms with Crippen LogP contribution in [0.25, 0.3) is 12.7 Å². The van der Waals surface area contributed by atoms with Crippen molar-refractivity contribution < 1.29 is 14.6 Å². The van der Waals surface area contributed by atoms with Gasteiger partial charge in [0.2, 0.25) is 0 Å². The minimum absolute atomic E-state index is 0.166. The van der Waals surface area contributed by atoms with E-state index in [0.717, 1.165) is 5.56 Å². The van der Waals surface area contributed by atoms with E-state index in [0.29, 0.717) is 14.9 Å². The Hall–Kier alpha value is -2.34. The van der Waals surface area contributed by atoms with Gasteiger partial charge in [-0.25, -0.2) is 4.79 Å². The molecule has 1 aromatic heterocycles. The monoisotopic (exact) mass is 277 g/mol. The minimum atomic E-state index is -1.02. The zero-order chi connectivity index (χ0) is 13.8. The Labute approximate surface area is 112 Å². The maximum Gasteiger partial charge on any atom is 0.341 e. The van der Waals surface area contributed by atoms with Gasteiger partial charge in [-0.1, -0.05) is 18.7 Å². The first-order valence-electron chi connectivity index (χ1n) is 5.39. The molecule has 0 unspecified atom stereocenters. The molecule has 2 N–H and O–H groups in total. The Balaban J connectivity index is 2.22. The van der Waals surface area contributed by atoms with Gasteiger partial charge in [0.15, 0.2) is 6.61 Å². The van der Waals surface area contributed by atoms with E-state index in [2.05, 4.69) is 11.6 Å². The van der Waals surface area contributed by atoms with Gasteiger partial charge in [0.1, 0.15) is 5.75 Å². The SMILES string of the molecule is C=c1[nH]c(=O)/c(=C/c2ccc(OCC(=O)O)cc2)s1. The third-order valence-corrected chi connectivity index (χ3v) is 3.12. The molecular formula is C13H11NO4S. The number of carboxylic acids is 1. The first kappa shape index (κ1) is 13.1. The van der Waals surface area contributed by atoms with E-state index in [9.17, 15) is 9.59 Å². The Kier molecular flexibility index (Phi) is 3.82. The zero-order valence-electron chi connectivity index (χ0n) is 9.88. The molecule has 5 nitrogen and oxygen atoms in total. The molecule has 0 saturated carbocycles. The van der Waals surface area contributed by atoms with Crippen LogP contribution in [0.5, 0.6) is 5.75 Å². The van der Waals surface area contributed by atoms with E-state index < -0.39 is 5.97 Å². The van der Waals surface area contributed by atoms with Crippen LogP contribution in [0.3, 0.4) is 0 Å². The number of nitrogens with one attached hydrogen (secondary N) is 1. The fourth-order valence-electron chi connectivity index (χ4n) is 1.44. The van der Waals surface area contributed by atoms with Gasteiger partial charge in [-0.15, -0.1) is 11.3 Å². The lowest BCUT2D eigenvalue weighted by Crippen LogP contribution is -2.19. The van der Waals surface area contributed by atoms with Gasteiger partial charge in [0.25, 0.3) is 5.56 Å². The van der Waals surface area contributed by atoms with Crippen LogP contribution < -0.4 is 19.5 Å². The highest BCUT2D eigenvalue weighted by Crippen LogP contribution is 2.12. The number of aliphatic carboxylic acids is 1. The normalized spacial score (nSPS) is 11.5. The largest absolute Gasteiger partial charge is 0.482 e. The summed E-state index contributed by atoms with van der Waals surface area (Å²) in [5.41, 5.74) is 0.663. The minimum Gasteiger partial charge on any atom is -0.482 e. The summed E-state index contributed by atoms with van der Waals surface area (Å²) >= 11 is 1.28. The van der Waals surface area contributed by atoms with Crippen LogP contribution in [0.15, 0.2) is 29.1 Å². The molecule has 0 amide bonds. The smallest absolute Gasteiger partial charge is 0.341 e. The quantitative estimate of drug-likeness (QED) is 0.833. The molecule has 1 heterocycles. The number of carboxylic acid groups (broad SMARTS) is 1. The summed E-state index contributed by atoms with van der Waals surface area (Å²) in [7, 11) is 0. The van der Waals surface area contributed by atoms with Gasteiger partial charge in [0.05, 0.1) is 9.20 Å². The van der Waals surface area contributed by atoms with Crippen molar-refractivity contribution in [3.63, 3.8) is 0 Å².